The Hall–Kier alpha value is -3.31. The standard InChI is InChI=1S/C97H183N2O20P/c1-8-14-20-26-32-38-39-40-41-47-53-59-64-70-88(105)113-81(68-62-56-50-44-35-29-23-17-11-4)75-87(104)98-92-84(116-91(108)76-82(69-63-57-51-45-36-30-24-18-12-5)114-89(106)71-65-58-52-46-37-31-25-19-13-6)74-83(77-100)115-96(92)112-78-85-94(109)95(118-90(107)73-80(102)67-61-55-49-43-34-28-22-16-10-3)93(97(117-85)119-120(7,110)111)99-86(103)72-79(101)66-60-54-48-42-33-27-21-15-9-2/h79-85,92-97,100-102,109H,8-78H2,1-7H3,(H,98,104)(H,99,103)(H,110,111)/t79-,80-,81-,82-,83?,84?,85?,92?,93?,94?,95?,96?,97?/m1/s1. The molecule has 2 fully saturated rings. The molecule has 10 unspecified atom stereocenters. The number of ether oxygens (including phenoxy) is 7. The second-order valence-electron chi connectivity index (χ2n) is 35.9. The first-order valence-electron chi connectivity index (χ1n) is 50.1. The highest BCUT2D eigenvalue weighted by atomic mass is 31.2. The van der Waals surface area contributed by atoms with Gasteiger partial charge in [-0.05, 0) is 51.4 Å². The average Bonchev–Trinajstić information content (AvgIpc) is 0.782. The van der Waals surface area contributed by atoms with Crippen LogP contribution in [0.15, 0.2) is 0 Å². The van der Waals surface area contributed by atoms with Crippen molar-refractivity contribution < 1.29 is 96.3 Å². The lowest BCUT2D eigenvalue weighted by atomic mass is 9.95. The summed E-state index contributed by atoms with van der Waals surface area (Å²) in [7, 11) is -4.58. The first-order chi connectivity index (χ1) is 58.2. The van der Waals surface area contributed by atoms with Gasteiger partial charge in [-0.25, -0.2) is 0 Å². The maximum absolute atomic E-state index is 15.0. The lowest BCUT2D eigenvalue weighted by Gasteiger charge is -2.45. The molecule has 0 aliphatic carbocycles. The minimum absolute atomic E-state index is 0.149. The quantitative estimate of drug-likeness (QED) is 0.0129. The SMILES string of the molecule is CCCCCCCCCCCCCCCC(=O)O[C@H](CCCCCCCCCCC)CC(=O)NC1C(OC(=O)C[C@@H](CCCCCCCCCCC)OC(=O)CCCCCCCCCCC)CC(CO)OC1OCC1OC(OP(C)(=O)O)C(NC(=O)C[C@H](O)CCCCCCCCCCC)C(OC(=O)C[C@H](O)CCCCCCCCCCC)C1O. The molecular weight excluding hydrogens is 1540 g/mol. The zero-order valence-electron chi connectivity index (χ0n) is 77.5. The number of hydrogen-bond donors (Lipinski definition) is 7. The number of aliphatic hydroxyl groups is 4. The van der Waals surface area contributed by atoms with Gasteiger partial charge in [0.05, 0.1) is 57.2 Å². The van der Waals surface area contributed by atoms with E-state index in [1.165, 1.54) is 186 Å². The molecule has 2 aliphatic heterocycles. The molecule has 706 valence electrons. The van der Waals surface area contributed by atoms with E-state index in [-0.39, 0.29) is 38.5 Å². The molecule has 0 radical (unpaired) electrons. The van der Waals surface area contributed by atoms with Crippen LogP contribution in [0.4, 0.5) is 0 Å². The highest BCUT2D eigenvalue weighted by Gasteiger charge is 2.52. The van der Waals surface area contributed by atoms with Crippen molar-refractivity contribution in [3.8, 4) is 0 Å². The van der Waals surface area contributed by atoms with Crippen molar-refractivity contribution in [2.24, 2.45) is 0 Å². The molecule has 0 aromatic rings. The van der Waals surface area contributed by atoms with Gasteiger partial charge < -0.3 is 69.1 Å². The number of amides is 2. The van der Waals surface area contributed by atoms with Gasteiger partial charge in [-0.1, -0.05) is 388 Å². The third kappa shape index (κ3) is 62.0. The summed E-state index contributed by atoms with van der Waals surface area (Å²) in [5.41, 5.74) is 0. The Balaban J connectivity index is 2.68. The third-order valence-corrected chi connectivity index (χ3v) is 24.7. The second-order valence-corrected chi connectivity index (χ2v) is 37.7. The van der Waals surface area contributed by atoms with E-state index in [2.05, 4.69) is 52.2 Å². The number of unbranched alkanes of at least 4 members (excludes halogenated alkanes) is 52. The van der Waals surface area contributed by atoms with Gasteiger partial charge >= 0.3 is 31.5 Å². The van der Waals surface area contributed by atoms with Crippen molar-refractivity contribution >= 4 is 43.3 Å². The van der Waals surface area contributed by atoms with Crippen molar-refractivity contribution in [2.45, 2.75) is 564 Å². The summed E-state index contributed by atoms with van der Waals surface area (Å²) in [6.45, 7) is 12.8. The Bertz CT molecular complexity index is 2510. The largest absolute Gasteiger partial charge is 0.462 e. The fraction of sp³-hybridized carbons (Fsp3) is 0.938. The van der Waals surface area contributed by atoms with Gasteiger partial charge in [0.2, 0.25) is 11.8 Å². The normalized spacial score (nSPS) is 20.2. The number of nitrogens with one attached hydrogen (secondary N) is 2. The summed E-state index contributed by atoms with van der Waals surface area (Å²) >= 11 is 0. The fourth-order valence-corrected chi connectivity index (χ4v) is 17.3. The van der Waals surface area contributed by atoms with E-state index in [1.54, 1.807) is 0 Å². The summed E-state index contributed by atoms with van der Waals surface area (Å²) < 4.78 is 63.3. The number of esters is 4. The fourth-order valence-electron chi connectivity index (χ4n) is 16.7. The molecule has 22 nitrogen and oxygen atoms in total. The van der Waals surface area contributed by atoms with E-state index in [9.17, 15) is 53.9 Å². The van der Waals surface area contributed by atoms with Crippen molar-refractivity contribution in [2.75, 3.05) is 19.9 Å². The zero-order chi connectivity index (χ0) is 87.7. The summed E-state index contributed by atoms with van der Waals surface area (Å²) in [4.78, 5) is 96.6. The minimum Gasteiger partial charge on any atom is -0.462 e. The second kappa shape index (κ2) is 76.9. The molecule has 120 heavy (non-hydrogen) atoms. The zero-order valence-corrected chi connectivity index (χ0v) is 78.4. The molecule has 2 amide bonds. The predicted molar refractivity (Wildman–Crippen MR) is 481 cm³/mol. The number of carbonyl (C=O) groups is 6. The Morgan fingerprint density at radius 1 is 0.383 bits per heavy atom. The summed E-state index contributed by atoms with van der Waals surface area (Å²) in [5, 5.41) is 51.8. The lowest BCUT2D eigenvalue weighted by molar-refractivity contribution is -0.283. The molecule has 0 saturated carbocycles. The van der Waals surface area contributed by atoms with Crippen molar-refractivity contribution in [1.29, 1.82) is 0 Å². The molecule has 23 heteroatoms. The molecule has 2 aliphatic rings. The van der Waals surface area contributed by atoms with Crippen LogP contribution >= 0.6 is 7.60 Å². The Morgan fingerprint density at radius 3 is 1.07 bits per heavy atom. The van der Waals surface area contributed by atoms with Crippen LogP contribution in [0, 0.1) is 0 Å². The van der Waals surface area contributed by atoms with E-state index in [4.69, 9.17) is 37.7 Å². The van der Waals surface area contributed by atoms with Gasteiger partial charge in [0.25, 0.3) is 0 Å². The van der Waals surface area contributed by atoms with E-state index in [1.807, 2.05) is 0 Å². The van der Waals surface area contributed by atoms with Gasteiger partial charge in [-0.3, -0.25) is 37.9 Å². The molecule has 7 N–H and O–H groups in total. The van der Waals surface area contributed by atoms with Crippen LogP contribution in [0.25, 0.3) is 0 Å². The Kier molecular flexibility index (Phi) is 72.2. The Morgan fingerprint density at radius 2 is 0.700 bits per heavy atom. The van der Waals surface area contributed by atoms with Gasteiger partial charge in [-0.15, -0.1) is 0 Å². The van der Waals surface area contributed by atoms with Crippen molar-refractivity contribution in [3.63, 3.8) is 0 Å². The van der Waals surface area contributed by atoms with Gasteiger partial charge in [0, 0.05) is 25.9 Å². The van der Waals surface area contributed by atoms with Crippen LogP contribution in [0.2, 0.25) is 0 Å². The van der Waals surface area contributed by atoms with Crippen LogP contribution in [-0.2, 0) is 71.0 Å². The van der Waals surface area contributed by atoms with Crippen LogP contribution in [0.5, 0.6) is 0 Å². The van der Waals surface area contributed by atoms with Gasteiger partial charge in [-0.2, -0.15) is 0 Å². The van der Waals surface area contributed by atoms with E-state index >= 15 is 4.79 Å². The number of hydrogen-bond acceptors (Lipinski definition) is 19. The Labute approximate surface area is 730 Å². The lowest BCUT2D eigenvalue weighted by Crippen LogP contribution is -2.66. The molecule has 0 spiro atoms. The maximum Gasteiger partial charge on any atom is 0.327 e. The van der Waals surface area contributed by atoms with Gasteiger partial charge in [0.15, 0.2) is 18.7 Å². The smallest absolute Gasteiger partial charge is 0.327 e. The highest BCUT2D eigenvalue weighted by Crippen LogP contribution is 2.42. The van der Waals surface area contributed by atoms with Crippen molar-refractivity contribution in [3.05, 3.63) is 0 Å². The first-order valence-corrected chi connectivity index (χ1v) is 52.2. The maximum atomic E-state index is 15.0. The molecular formula is C97H183N2O20P. The average molecular weight is 1730 g/mol. The van der Waals surface area contributed by atoms with Crippen LogP contribution in [-0.4, -0.2) is 160 Å². The number of rotatable bonds is 84. The van der Waals surface area contributed by atoms with Crippen LogP contribution in [0.3, 0.4) is 0 Å². The number of aliphatic hydroxyl groups excluding tert-OH is 4. The summed E-state index contributed by atoms with van der Waals surface area (Å²) in [5.74, 6) is -3.86. The van der Waals surface area contributed by atoms with E-state index < -0.39 is 149 Å². The molecule has 2 rings (SSSR count). The predicted octanol–water partition coefficient (Wildman–Crippen LogP) is 23.0. The molecule has 0 aromatic heterocycles. The number of carbonyl (C=O) groups excluding carboxylic acids is 6. The van der Waals surface area contributed by atoms with Crippen LogP contribution < -0.4 is 10.6 Å². The highest BCUT2D eigenvalue weighted by molar-refractivity contribution is 7.51. The molecule has 0 bridgehead atoms. The summed E-state index contributed by atoms with van der Waals surface area (Å²) in [6.07, 6.45) is 47.6. The monoisotopic (exact) mass is 1730 g/mol. The minimum atomic E-state index is -4.58. The first kappa shape index (κ1) is 113. The van der Waals surface area contributed by atoms with Gasteiger partial charge in [0.1, 0.15) is 42.6 Å². The molecule has 2 heterocycles. The topological polar surface area (TPSA) is 319 Å². The van der Waals surface area contributed by atoms with Crippen LogP contribution in [0.1, 0.15) is 485 Å². The third-order valence-electron chi connectivity index (χ3n) is 24.1. The molecule has 2 saturated heterocycles. The van der Waals surface area contributed by atoms with Crippen molar-refractivity contribution in [1.82, 2.24) is 10.6 Å². The molecule has 0 aromatic carbocycles. The van der Waals surface area contributed by atoms with E-state index in [0.717, 1.165) is 154 Å². The van der Waals surface area contributed by atoms with E-state index in [0.29, 0.717) is 57.8 Å². The summed E-state index contributed by atoms with van der Waals surface area (Å²) in [6, 6.07) is -3.05. The molecule has 14 atom stereocenters.